The number of esters is 3. The zero-order chi connectivity index (χ0) is 18.3. The van der Waals surface area contributed by atoms with Crippen molar-refractivity contribution in [2.45, 2.75) is 46.1 Å². The number of rotatable bonds is 8. The molecule has 24 heavy (non-hydrogen) atoms. The van der Waals surface area contributed by atoms with Crippen molar-refractivity contribution in [1.29, 1.82) is 0 Å². The molecule has 0 aliphatic heterocycles. The Morgan fingerprint density at radius 1 is 1.12 bits per heavy atom. The highest BCUT2D eigenvalue weighted by atomic mass is 16.5. The van der Waals surface area contributed by atoms with E-state index in [1.807, 2.05) is 13.8 Å². The van der Waals surface area contributed by atoms with Gasteiger partial charge in [-0.3, -0.25) is 9.59 Å². The molecule has 0 aromatic carbocycles. The smallest absolute Gasteiger partial charge is 0.339 e. The summed E-state index contributed by atoms with van der Waals surface area (Å²) in [6.07, 6.45) is 2.34. The standard InChI is InChI=1S/C17H25NO6/c1-6-12-13(17(21)23-5)10-18(14(12)9-15(19)22-4)11(3)8-16(20)24-7-2/h10-11H,6-9H2,1-5H3. The van der Waals surface area contributed by atoms with E-state index in [0.29, 0.717) is 24.3 Å². The van der Waals surface area contributed by atoms with E-state index in [0.717, 1.165) is 5.56 Å². The largest absolute Gasteiger partial charge is 0.469 e. The average Bonchev–Trinajstić information content (AvgIpc) is 2.92. The second-order valence-corrected chi connectivity index (χ2v) is 5.33. The molecular formula is C17H25NO6. The minimum atomic E-state index is -0.472. The summed E-state index contributed by atoms with van der Waals surface area (Å²) in [7, 11) is 2.62. The number of carbonyl (C=O) groups excluding carboxylic acids is 3. The molecule has 1 rings (SSSR count). The Morgan fingerprint density at radius 2 is 1.79 bits per heavy atom. The average molecular weight is 339 g/mol. The molecule has 1 aromatic rings. The molecule has 0 saturated heterocycles. The Balaban J connectivity index is 3.29. The van der Waals surface area contributed by atoms with Gasteiger partial charge in [0.05, 0.1) is 39.2 Å². The van der Waals surface area contributed by atoms with E-state index in [1.54, 1.807) is 17.7 Å². The summed E-state index contributed by atoms with van der Waals surface area (Å²) >= 11 is 0. The van der Waals surface area contributed by atoms with Crippen LogP contribution in [0.15, 0.2) is 6.20 Å². The number of aromatic nitrogens is 1. The Bertz CT molecular complexity index is 604. The van der Waals surface area contributed by atoms with Gasteiger partial charge in [-0.2, -0.15) is 0 Å². The van der Waals surface area contributed by atoms with Crippen molar-refractivity contribution in [2.75, 3.05) is 20.8 Å². The topological polar surface area (TPSA) is 83.8 Å². The van der Waals surface area contributed by atoms with Crippen molar-refractivity contribution in [1.82, 2.24) is 4.57 Å². The van der Waals surface area contributed by atoms with E-state index < -0.39 is 11.9 Å². The quantitative estimate of drug-likeness (QED) is 0.532. The third-order valence-corrected chi connectivity index (χ3v) is 3.79. The van der Waals surface area contributed by atoms with Crippen LogP contribution in [0.3, 0.4) is 0 Å². The molecule has 7 heteroatoms. The summed E-state index contributed by atoms with van der Waals surface area (Å²) in [6.45, 7) is 5.77. The molecule has 0 spiro atoms. The van der Waals surface area contributed by atoms with Gasteiger partial charge in [0.25, 0.3) is 0 Å². The first-order valence-electron chi connectivity index (χ1n) is 7.92. The van der Waals surface area contributed by atoms with Gasteiger partial charge in [-0.25, -0.2) is 4.79 Å². The summed E-state index contributed by atoms with van der Waals surface area (Å²) in [5, 5.41) is 0. The Labute approximate surface area is 141 Å². The molecule has 0 aliphatic carbocycles. The molecule has 0 saturated carbocycles. The fourth-order valence-electron chi connectivity index (χ4n) is 2.65. The molecule has 0 fully saturated rings. The van der Waals surface area contributed by atoms with Crippen molar-refractivity contribution in [2.24, 2.45) is 0 Å². The SMILES string of the molecule is CCOC(=O)CC(C)n1cc(C(=O)OC)c(CC)c1CC(=O)OC. The van der Waals surface area contributed by atoms with E-state index in [1.165, 1.54) is 14.2 Å². The van der Waals surface area contributed by atoms with Crippen LogP contribution in [0, 0.1) is 0 Å². The van der Waals surface area contributed by atoms with E-state index in [9.17, 15) is 14.4 Å². The van der Waals surface area contributed by atoms with Gasteiger partial charge >= 0.3 is 17.9 Å². The highest BCUT2D eigenvalue weighted by Gasteiger charge is 2.25. The Morgan fingerprint density at radius 3 is 2.29 bits per heavy atom. The second kappa shape index (κ2) is 9.10. The van der Waals surface area contributed by atoms with Crippen LogP contribution in [0.5, 0.6) is 0 Å². The predicted molar refractivity (Wildman–Crippen MR) is 86.8 cm³/mol. The minimum Gasteiger partial charge on any atom is -0.469 e. The molecular weight excluding hydrogens is 314 g/mol. The van der Waals surface area contributed by atoms with Crippen LogP contribution in [0.4, 0.5) is 0 Å². The van der Waals surface area contributed by atoms with Crippen LogP contribution in [-0.2, 0) is 36.6 Å². The van der Waals surface area contributed by atoms with Crippen LogP contribution in [0.2, 0.25) is 0 Å². The lowest BCUT2D eigenvalue weighted by atomic mass is 10.1. The fourth-order valence-corrected chi connectivity index (χ4v) is 2.65. The lowest BCUT2D eigenvalue weighted by Gasteiger charge is -2.17. The first-order valence-corrected chi connectivity index (χ1v) is 7.92. The van der Waals surface area contributed by atoms with Gasteiger partial charge in [0.1, 0.15) is 0 Å². The zero-order valence-corrected chi connectivity index (χ0v) is 14.9. The molecule has 1 aromatic heterocycles. The van der Waals surface area contributed by atoms with Gasteiger partial charge in [0.2, 0.25) is 0 Å². The third kappa shape index (κ3) is 4.59. The maximum atomic E-state index is 12.0. The van der Waals surface area contributed by atoms with E-state index in [-0.39, 0.29) is 24.9 Å². The van der Waals surface area contributed by atoms with Gasteiger partial charge in [0, 0.05) is 17.9 Å². The lowest BCUT2D eigenvalue weighted by molar-refractivity contribution is -0.143. The normalized spacial score (nSPS) is 11.7. The monoisotopic (exact) mass is 339 g/mol. The van der Waals surface area contributed by atoms with Crippen molar-refractivity contribution < 1.29 is 28.6 Å². The Kier molecular flexibility index (Phi) is 7.48. The first-order chi connectivity index (χ1) is 11.4. The summed E-state index contributed by atoms with van der Waals surface area (Å²) < 4.78 is 16.3. The maximum absolute atomic E-state index is 12.0. The number of hydrogen-bond acceptors (Lipinski definition) is 6. The highest BCUT2D eigenvalue weighted by molar-refractivity contribution is 5.92. The third-order valence-electron chi connectivity index (χ3n) is 3.79. The van der Waals surface area contributed by atoms with Crippen LogP contribution in [-0.4, -0.2) is 43.3 Å². The van der Waals surface area contributed by atoms with Gasteiger partial charge < -0.3 is 18.8 Å². The van der Waals surface area contributed by atoms with E-state index >= 15 is 0 Å². The van der Waals surface area contributed by atoms with Gasteiger partial charge in [-0.05, 0) is 25.8 Å². The van der Waals surface area contributed by atoms with Gasteiger partial charge in [0.15, 0.2) is 0 Å². The lowest BCUT2D eigenvalue weighted by Crippen LogP contribution is -2.17. The summed E-state index contributed by atoms with van der Waals surface area (Å²) in [6, 6.07) is -0.271. The van der Waals surface area contributed by atoms with Crippen molar-refractivity contribution >= 4 is 17.9 Å². The Hall–Kier alpha value is -2.31. The molecule has 0 bridgehead atoms. The summed E-state index contributed by atoms with van der Waals surface area (Å²) in [5.74, 6) is -1.22. The summed E-state index contributed by atoms with van der Waals surface area (Å²) in [5.41, 5.74) is 1.78. The first kappa shape index (κ1) is 19.7. The molecule has 1 atom stereocenters. The van der Waals surface area contributed by atoms with Crippen LogP contribution >= 0.6 is 0 Å². The van der Waals surface area contributed by atoms with E-state index in [2.05, 4.69) is 0 Å². The van der Waals surface area contributed by atoms with Crippen molar-refractivity contribution in [3.8, 4) is 0 Å². The maximum Gasteiger partial charge on any atom is 0.339 e. The molecule has 0 amide bonds. The van der Waals surface area contributed by atoms with Crippen molar-refractivity contribution in [3.63, 3.8) is 0 Å². The highest BCUT2D eigenvalue weighted by Crippen LogP contribution is 2.26. The molecule has 7 nitrogen and oxygen atoms in total. The molecule has 1 unspecified atom stereocenters. The molecule has 1 heterocycles. The molecule has 0 aliphatic rings. The number of ether oxygens (including phenoxy) is 3. The number of hydrogen-bond donors (Lipinski definition) is 0. The predicted octanol–water partition coefficient (Wildman–Crippen LogP) is 2.07. The second-order valence-electron chi connectivity index (χ2n) is 5.33. The van der Waals surface area contributed by atoms with Crippen LogP contribution < -0.4 is 0 Å². The van der Waals surface area contributed by atoms with Crippen molar-refractivity contribution in [3.05, 3.63) is 23.0 Å². The molecule has 134 valence electrons. The molecule has 0 radical (unpaired) electrons. The molecule has 0 N–H and O–H groups in total. The van der Waals surface area contributed by atoms with Gasteiger partial charge in [-0.15, -0.1) is 0 Å². The number of methoxy groups -OCH3 is 2. The van der Waals surface area contributed by atoms with Gasteiger partial charge in [-0.1, -0.05) is 6.92 Å². The van der Waals surface area contributed by atoms with E-state index in [4.69, 9.17) is 14.2 Å². The number of nitrogens with zero attached hydrogens (tertiary/aromatic N) is 1. The minimum absolute atomic E-state index is 0.0177. The number of carbonyl (C=O) groups is 3. The zero-order valence-electron chi connectivity index (χ0n) is 14.9. The fraction of sp³-hybridized carbons (Fsp3) is 0.588. The van der Waals surface area contributed by atoms with Crippen LogP contribution in [0.1, 0.15) is 54.8 Å². The summed E-state index contributed by atoms with van der Waals surface area (Å²) in [4.78, 5) is 35.5. The van der Waals surface area contributed by atoms with Crippen LogP contribution in [0.25, 0.3) is 0 Å².